The largest absolute Gasteiger partial charge is 0.465 e. The smallest absolute Gasteiger partial charge is 0.321 e. The van der Waals surface area contributed by atoms with Crippen LogP contribution in [0.15, 0.2) is 24.3 Å². The minimum atomic E-state index is -1.30. The number of halogens is 1. The second kappa shape index (κ2) is 9.29. The Balaban J connectivity index is 3.24. The molecule has 0 heterocycles. The van der Waals surface area contributed by atoms with Gasteiger partial charge in [0.05, 0.1) is 18.5 Å². The van der Waals surface area contributed by atoms with Gasteiger partial charge in [0.15, 0.2) is 11.0 Å². The second-order valence-electron chi connectivity index (χ2n) is 4.56. The average molecular weight is 342 g/mol. The molecule has 1 atom stereocenters. The van der Waals surface area contributed by atoms with Crippen molar-refractivity contribution in [1.82, 2.24) is 0 Å². The summed E-state index contributed by atoms with van der Waals surface area (Å²) in [4.78, 5) is 35.9. The van der Waals surface area contributed by atoms with Gasteiger partial charge in [-0.3, -0.25) is 14.4 Å². The van der Waals surface area contributed by atoms with Crippen molar-refractivity contribution in [3.05, 3.63) is 35.6 Å². The van der Waals surface area contributed by atoms with Crippen molar-refractivity contribution in [1.29, 1.82) is 0 Å². The summed E-state index contributed by atoms with van der Waals surface area (Å²) in [6.45, 7) is 4.75. The fourth-order valence-electron chi connectivity index (χ4n) is 1.97. The first-order valence-corrected chi connectivity index (χ1v) is 8.04. The SMILES string of the molecule is CCOC(=O)C(C(=O)OCC)[C@@H](SC(C)=O)c1ccc(F)cc1. The van der Waals surface area contributed by atoms with E-state index in [1.54, 1.807) is 13.8 Å². The van der Waals surface area contributed by atoms with E-state index in [2.05, 4.69) is 0 Å². The van der Waals surface area contributed by atoms with Gasteiger partial charge in [-0.25, -0.2) is 4.39 Å². The highest BCUT2D eigenvalue weighted by Gasteiger charge is 2.39. The minimum Gasteiger partial charge on any atom is -0.465 e. The lowest BCUT2D eigenvalue weighted by Crippen LogP contribution is -2.32. The zero-order valence-electron chi connectivity index (χ0n) is 13.2. The number of rotatable bonds is 7. The van der Waals surface area contributed by atoms with Crippen LogP contribution in [0.4, 0.5) is 4.39 Å². The summed E-state index contributed by atoms with van der Waals surface area (Å²) in [5, 5.41) is -1.12. The molecule has 0 amide bonds. The second-order valence-corrected chi connectivity index (χ2v) is 5.88. The van der Waals surface area contributed by atoms with Crippen LogP contribution in [-0.2, 0) is 23.9 Å². The van der Waals surface area contributed by atoms with Crippen molar-refractivity contribution >= 4 is 28.8 Å². The van der Waals surface area contributed by atoms with E-state index in [0.717, 1.165) is 11.8 Å². The molecule has 0 saturated heterocycles. The summed E-state index contributed by atoms with van der Waals surface area (Å²) in [6.07, 6.45) is 0. The molecule has 0 spiro atoms. The van der Waals surface area contributed by atoms with Crippen molar-refractivity contribution in [2.24, 2.45) is 5.92 Å². The molecule has 0 bridgehead atoms. The highest BCUT2D eigenvalue weighted by molar-refractivity contribution is 8.13. The van der Waals surface area contributed by atoms with Crippen molar-refractivity contribution in [3.8, 4) is 0 Å². The molecule has 1 aromatic carbocycles. The number of ether oxygens (including phenoxy) is 2. The Bertz CT molecular complexity index is 540. The molecule has 0 aliphatic rings. The summed E-state index contributed by atoms with van der Waals surface area (Å²) in [5.41, 5.74) is 0.470. The average Bonchev–Trinajstić information content (AvgIpc) is 2.47. The highest BCUT2D eigenvalue weighted by atomic mass is 32.2. The number of hydrogen-bond acceptors (Lipinski definition) is 6. The maximum Gasteiger partial charge on any atom is 0.321 e. The fraction of sp³-hybridized carbons (Fsp3) is 0.438. The first kappa shape index (κ1) is 19.2. The zero-order valence-corrected chi connectivity index (χ0v) is 14.0. The highest BCUT2D eigenvalue weighted by Crippen LogP contribution is 2.38. The van der Waals surface area contributed by atoms with Gasteiger partial charge in [-0.15, -0.1) is 0 Å². The van der Waals surface area contributed by atoms with Crippen LogP contribution in [0.3, 0.4) is 0 Å². The van der Waals surface area contributed by atoms with Crippen LogP contribution >= 0.6 is 11.8 Å². The number of esters is 2. The van der Waals surface area contributed by atoms with Gasteiger partial charge >= 0.3 is 11.9 Å². The molecule has 0 unspecified atom stereocenters. The third-order valence-electron chi connectivity index (χ3n) is 2.88. The van der Waals surface area contributed by atoms with Gasteiger partial charge in [0.25, 0.3) is 0 Å². The Morgan fingerprint density at radius 1 is 1.04 bits per heavy atom. The Kier molecular flexibility index (Phi) is 7.74. The van der Waals surface area contributed by atoms with E-state index in [1.807, 2.05) is 0 Å². The lowest BCUT2D eigenvalue weighted by Gasteiger charge is -2.23. The molecule has 0 radical (unpaired) electrons. The standard InChI is InChI=1S/C16H19FO5S/c1-4-21-15(19)13(16(20)22-5-2)14(23-10(3)18)11-6-8-12(17)9-7-11/h6-9,13-14H,4-5H2,1-3H3/t14-/m0/s1. The van der Waals surface area contributed by atoms with Crippen LogP contribution < -0.4 is 0 Å². The number of hydrogen-bond donors (Lipinski definition) is 0. The summed E-state index contributed by atoms with van der Waals surface area (Å²) in [6, 6.07) is 5.27. The molecule has 0 saturated carbocycles. The summed E-state index contributed by atoms with van der Waals surface area (Å²) in [5.74, 6) is -3.29. The Labute approximate surface area is 138 Å². The molecule has 1 rings (SSSR count). The number of carbonyl (C=O) groups excluding carboxylic acids is 3. The summed E-state index contributed by atoms with van der Waals surface area (Å²) < 4.78 is 23.0. The third-order valence-corrected chi connectivity index (χ3v) is 4.01. The van der Waals surface area contributed by atoms with Gasteiger partial charge in [-0.1, -0.05) is 23.9 Å². The van der Waals surface area contributed by atoms with Gasteiger partial charge in [-0.05, 0) is 31.5 Å². The van der Waals surface area contributed by atoms with Crippen LogP contribution in [0.1, 0.15) is 31.6 Å². The zero-order chi connectivity index (χ0) is 17.4. The van der Waals surface area contributed by atoms with E-state index < -0.39 is 28.9 Å². The van der Waals surface area contributed by atoms with Crippen molar-refractivity contribution in [2.75, 3.05) is 13.2 Å². The van der Waals surface area contributed by atoms with Gasteiger partial charge in [0.1, 0.15) is 5.82 Å². The molecule has 5 nitrogen and oxygen atoms in total. The van der Waals surface area contributed by atoms with Crippen LogP contribution in [-0.4, -0.2) is 30.3 Å². The third kappa shape index (κ3) is 5.67. The topological polar surface area (TPSA) is 69.7 Å². The quantitative estimate of drug-likeness (QED) is 0.560. The summed E-state index contributed by atoms with van der Waals surface area (Å²) in [7, 11) is 0. The maximum absolute atomic E-state index is 13.1. The van der Waals surface area contributed by atoms with Crippen molar-refractivity contribution in [3.63, 3.8) is 0 Å². The van der Waals surface area contributed by atoms with Crippen LogP contribution in [0, 0.1) is 11.7 Å². The minimum absolute atomic E-state index is 0.0929. The van der Waals surface area contributed by atoms with E-state index in [4.69, 9.17) is 9.47 Å². The molecule has 23 heavy (non-hydrogen) atoms. The molecule has 1 aromatic rings. The molecule has 0 N–H and O–H groups in total. The van der Waals surface area contributed by atoms with Crippen LogP contribution in [0.2, 0.25) is 0 Å². The van der Waals surface area contributed by atoms with Crippen LogP contribution in [0.5, 0.6) is 0 Å². The van der Waals surface area contributed by atoms with Gasteiger partial charge in [0.2, 0.25) is 0 Å². The molecule has 7 heteroatoms. The van der Waals surface area contributed by atoms with Gasteiger partial charge in [0, 0.05) is 6.92 Å². The van der Waals surface area contributed by atoms with E-state index >= 15 is 0 Å². The number of carbonyl (C=O) groups is 3. The normalized spacial score (nSPS) is 11.9. The fourth-order valence-corrected chi connectivity index (χ4v) is 2.98. The Morgan fingerprint density at radius 2 is 1.52 bits per heavy atom. The predicted octanol–water partition coefficient (Wildman–Crippen LogP) is 2.89. The molecule has 126 valence electrons. The predicted molar refractivity (Wildman–Crippen MR) is 84.2 cm³/mol. The lowest BCUT2D eigenvalue weighted by atomic mass is 9.98. The molecular weight excluding hydrogens is 323 g/mol. The lowest BCUT2D eigenvalue weighted by molar-refractivity contribution is -0.161. The maximum atomic E-state index is 13.1. The summed E-state index contributed by atoms with van der Waals surface area (Å²) >= 11 is 0.812. The van der Waals surface area contributed by atoms with Crippen LogP contribution in [0.25, 0.3) is 0 Å². The first-order chi connectivity index (χ1) is 10.9. The Hall–Kier alpha value is -1.89. The number of benzene rings is 1. The molecule has 0 aliphatic heterocycles. The van der Waals surface area contributed by atoms with Gasteiger partial charge < -0.3 is 9.47 Å². The van der Waals surface area contributed by atoms with Crippen molar-refractivity contribution in [2.45, 2.75) is 26.0 Å². The van der Waals surface area contributed by atoms with E-state index in [9.17, 15) is 18.8 Å². The number of thioether (sulfide) groups is 1. The molecule has 0 fully saturated rings. The van der Waals surface area contributed by atoms with E-state index in [-0.39, 0.29) is 18.3 Å². The van der Waals surface area contributed by atoms with Gasteiger partial charge in [-0.2, -0.15) is 0 Å². The van der Waals surface area contributed by atoms with E-state index in [1.165, 1.54) is 31.2 Å². The molecule has 0 aliphatic carbocycles. The van der Waals surface area contributed by atoms with E-state index in [0.29, 0.717) is 5.56 Å². The first-order valence-electron chi connectivity index (χ1n) is 7.16. The molecule has 0 aromatic heterocycles. The monoisotopic (exact) mass is 342 g/mol. The molecular formula is C16H19FO5S. The Morgan fingerprint density at radius 3 is 1.91 bits per heavy atom. The van der Waals surface area contributed by atoms with Crippen molar-refractivity contribution < 1.29 is 28.2 Å².